The van der Waals surface area contributed by atoms with E-state index in [1.54, 1.807) is 19.1 Å². The van der Waals surface area contributed by atoms with Gasteiger partial charge in [0, 0.05) is 11.3 Å². The first-order valence-electron chi connectivity index (χ1n) is 6.36. The number of carbonyl (C=O) groups excluding carboxylic acids is 1. The van der Waals surface area contributed by atoms with E-state index < -0.39 is 5.82 Å². The van der Waals surface area contributed by atoms with Crippen molar-refractivity contribution in [2.75, 3.05) is 5.73 Å². The van der Waals surface area contributed by atoms with Crippen molar-refractivity contribution in [1.29, 1.82) is 0 Å². The van der Waals surface area contributed by atoms with Gasteiger partial charge < -0.3 is 10.5 Å². The quantitative estimate of drug-likeness (QED) is 0.675. The highest BCUT2D eigenvalue weighted by Crippen LogP contribution is 2.24. The summed E-state index contributed by atoms with van der Waals surface area (Å²) in [6.45, 7) is 2.66. The smallest absolute Gasteiger partial charge is 0.196 e. The second-order valence-corrected chi connectivity index (χ2v) is 5.00. The zero-order chi connectivity index (χ0) is 14.3. The maximum Gasteiger partial charge on any atom is 0.196 e. The Labute approximate surface area is 116 Å². The molecule has 1 aliphatic rings. The Hall–Kier alpha value is -2.20. The van der Waals surface area contributed by atoms with Crippen molar-refractivity contribution in [3.05, 3.63) is 64.0 Å². The van der Waals surface area contributed by atoms with Gasteiger partial charge in [0.15, 0.2) is 5.78 Å². The molecule has 2 aromatic carbocycles. The maximum absolute atomic E-state index is 14.1. The third-order valence-corrected chi connectivity index (χ3v) is 3.51. The van der Waals surface area contributed by atoms with Crippen LogP contribution in [0.1, 0.15) is 32.6 Å². The summed E-state index contributed by atoms with van der Waals surface area (Å²) in [7, 11) is 0. The highest BCUT2D eigenvalue weighted by atomic mass is 19.1. The summed E-state index contributed by atoms with van der Waals surface area (Å²) < 4.78 is 19.4. The monoisotopic (exact) mass is 271 g/mol. The molecule has 2 aromatic rings. The van der Waals surface area contributed by atoms with Gasteiger partial charge in [0.2, 0.25) is 0 Å². The van der Waals surface area contributed by atoms with Gasteiger partial charge in [0.1, 0.15) is 5.82 Å². The molecule has 2 N–H and O–H groups in total. The molecule has 0 unspecified atom stereocenters. The van der Waals surface area contributed by atoms with E-state index in [2.05, 4.69) is 0 Å². The van der Waals surface area contributed by atoms with Crippen LogP contribution in [0.4, 0.5) is 10.1 Å². The fraction of sp³-hybridized carbons (Fsp3) is 0.188. The number of carbonyl (C=O) groups is 1. The number of benzene rings is 2. The van der Waals surface area contributed by atoms with Gasteiger partial charge in [-0.25, -0.2) is 4.39 Å². The zero-order valence-electron chi connectivity index (χ0n) is 11.1. The van der Waals surface area contributed by atoms with E-state index in [-0.39, 0.29) is 11.3 Å². The van der Waals surface area contributed by atoms with Gasteiger partial charge in [-0.15, -0.1) is 0 Å². The highest BCUT2D eigenvalue weighted by molar-refractivity contribution is 6.09. The minimum Gasteiger partial charge on any atom is -0.399 e. The minimum atomic E-state index is -0.513. The number of nitrogen functional groups attached to an aromatic ring is 1. The summed E-state index contributed by atoms with van der Waals surface area (Å²) in [6.07, 6.45) is 0. The lowest BCUT2D eigenvalue weighted by molar-refractivity contribution is 0.103. The highest BCUT2D eigenvalue weighted by Gasteiger charge is 2.19. The van der Waals surface area contributed by atoms with Gasteiger partial charge in [-0.3, -0.25) is 4.79 Å². The number of ketones is 1. The molecule has 0 aromatic heterocycles. The first-order chi connectivity index (χ1) is 9.56. The van der Waals surface area contributed by atoms with E-state index in [0.29, 0.717) is 30.0 Å². The Bertz CT molecular complexity index is 710. The largest absolute Gasteiger partial charge is 0.399 e. The van der Waals surface area contributed by atoms with Crippen LogP contribution < -0.4 is 5.73 Å². The Morgan fingerprint density at radius 2 is 1.95 bits per heavy atom. The Balaban J connectivity index is 2.05. The number of ether oxygens (including phenoxy) is 1. The molecule has 1 aliphatic heterocycles. The third-order valence-electron chi connectivity index (χ3n) is 3.51. The Morgan fingerprint density at radius 3 is 2.75 bits per heavy atom. The number of aryl methyl sites for hydroxylation is 1. The number of halogens is 1. The molecule has 0 atom stereocenters. The van der Waals surface area contributed by atoms with Gasteiger partial charge in [-0.1, -0.05) is 12.1 Å². The van der Waals surface area contributed by atoms with Crippen LogP contribution >= 0.6 is 0 Å². The van der Waals surface area contributed by atoms with Crippen molar-refractivity contribution >= 4 is 11.5 Å². The fourth-order valence-corrected chi connectivity index (χ4v) is 2.43. The number of rotatable bonds is 2. The molecule has 0 saturated carbocycles. The summed E-state index contributed by atoms with van der Waals surface area (Å²) in [4.78, 5) is 12.4. The van der Waals surface area contributed by atoms with Crippen molar-refractivity contribution in [3.63, 3.8) is 0 Å². The molecule has 0 fully saturated rings. The molecule has 0 radical (unpaired) electrons. The standard InChI is InChI=1S/C16H14FNO2/c1-9-4-13(18)6-14(15(9)17)16(19)10-2-3-11-7-20-8-12(11)5-10/h2-6H,7-8,18H2,1H3. The molecule has 4 heteroatoms. The maximum atomic E-state index is 14.1. The first kappa shape index (κ1) is 12.8. The SMILES string of the molecule is Cc1cc(N)cc(C(=O)c2ccc3c(c2)COC3)c1F. The van der Waals surface area contributed by atoms with Crippen LogP contribution in [-0.2, 0) is 18.0 Å². The normalized spacial score (nSPS) is 13.3. The predicted octanol–water partition coefficient (Wildman–Crippen LogP) is 2.98. The lowest BCUT2D eigenvalue weighted by atomic mass is 9.97. The van der Waals surface area contributed by atoms with E-state index in [1.165, 1.54) is 12.1 Å². The van der Waals surface area contributed by atoms with E-state index in [0.717, 1.165) is 11.1 Å². The summed E-state index contributed by atoms with van der Waals surface area (Å²) in [5.74, 6) is -0.867. The molecule has 0 amide bonds. The Kier molecular flexibility index (Phi) is 3.03. The number of fused-ring (bicyclic) bond motifs is 1. The van der Waals surface area contributed by atoms with Crippen LogP contribution in [0.2, 0.25) is 0 Å². The van der Waals surface area contributed by atoms with Crippen LogP contribution in [-0.4, -0.2) is 5.78 Å². The average molecular weight is 271 g/mol. The van der Waals surface area contributed by atoms with E-state index >= 15 is 0 Å². The van der Waals surface area contributed by atoms with Crippen LogP contribution in [0.15, 0.2) is 30.3 Å². The van der Waals surface area contributed by atoms with Crippen molar-refractivity contribution in [3.8, 4) is 0 Å². The van der Waals surface area contributed by atoms with Crippen molar-refractivity contribution in [2.45, 2.75) is 20.1 Å². The minimum absolute atomic E-state index is 0.0152. The molecule has 0 saturated heterocycles. The first-order valence-corrected chi connectivity index (χ1v) is 6.36. The predicted molar refractivity (Wildman–Crippen MR) is 73.9 cm³/mol. The van der Waals surface area contributed by atoms with Crippen molar-refractivity contribution in [1.82, 2.24) is 0 Å². The number of anilines is 1. The summed E-state index contributed by atoms with van der Waals surface area (Å²) >= 11 is 0. The van der Waals surface area contributed by atoms with Crippen LogP contribution in [0.25, 0.3) is 0 Å². The van der Waals surface area contributed by atoms with Gasteiger partial charge >= 0.3 is 0 Å². The third kappa shape index (κ3) is 2.08. The van der Waals surface area contributed by atoms with Crippen molar-refractivity contribution < 1.29 is 13.9 Å². The summed E-state index contributed by atoms with van der Waals surface area (Å²) in [5.41, 5.74) is 8.98. The van der Waals surface area contributed by atoms with E-state index in [9.17, 15) is 9.18 Å². The molecule has 20 heavy (non-hydrogen) atoms. The number of hydrogen-bond acceptors (Lipinski definition) is 3. The summed E-state index contributed by atoms with van der Waals surface area (Å²) in [5, 5.41) is 0. The molecular formula is C16H14FNO2. The number of hydrogen-bond donors (Lipinski definition) is 1. The van der Waals surface area contributed by atoms with E-state index in [1.807, 2.05) is 6.07 Å². The van der Waals surface area contributed by atoms with Crippen LogP contribution in [0.3, 0.4) is 0 Å². The molecule has 0 spiro atoms. The van der Waals surface area contributed by atoms with Crippen LogP contribution in [0, 0.1) is 12.7 Å². The average Bonchev–Trinajstić information content (AvgIpc) is 2.89. The van der Waals surface area contributed by atoms with Gasteiger partial charge in [0.05, 0.1) is 18.8 Å². The molecule has 0 aliphatic carbocycles. The van der Waals surface area contributed by atoms with Crippen molar-refractivity contribution in [2.24, 2.45) is 0 Å². The molecule has 102 valence electrons. The second-order valence-electron chi connectivity index (χ2n) is 5.00. The molecule has 0 bridgehead atoms. The summed E-state index contributed by atoms with van der Waals surface area (Å²) in [6, 6.07) is 8.22. The number of nitrogens with two attached hydrogens (primary N) is 1. The van der Waals surface area contributed by atoms with E-state index in [4.69, 9.17) is 10.5 Å². The molecular weight excluding hydrogens is 257 g/mol. The van der Waals surface area contributed by atoms with Crippen LogP contribution in [0.5, 0.6) is 0 Å². The van der Waals surface area contributed by atoms with Gasteiger partial charge in [0.25, 0.3) is 0 Å². The molecule has 3 nitrogen and oxygen atoms in total. The van der Waals surface area contributed by atoms with Gasteiger partial charge in [-0.2, -0.15) is 0 Å². The topological polar surface area (TPSA) is 52.3 Å². The fourth-order valence-electron chi connectivity index (χ4n) is 2.43. The zero-order valence-corrected chi connectivity index (χ0v) is 11.1. The lowest BCUT2D eigenvalue weighted by Crippen LogP contribution is -2.07. The Morgan fingerprint density at radius 1 is 1.20 bits per heavy atom. The lowest BCUT2D eigenvalue weighted by Gasteiger charge is -2.08. The molecule has 3 rings (SSSR count). The van der Waals surface area contributed by atoms with Gasteiger partial charge in [-0.05, 0) is 41.8 Å². The molecule has 1 heterocycles. The second kappa shape index (κ2) is 4.72.